The van der Waals surface area contributed by atoms with Gasteiger partial charge in [-0.1, -0.05) is 18.9 Å². The van der Waals surface area contributed by atoms with E-state index in [0.717, 1.165) is 18.5 Å². The average Bonchev–Trinajstić information content (AvgIpc) is 3.22. The third-order valence-corrected chi connectivity index (χ3v) is 4.69. The molecule has 0 bridgehead atoms. The van der Waals surface area contributed by atoms with E-state index in [1.54, 1.807) is 18.3 Å². The molecule has 8 heteroatoms. The molecule has 2 aromatic heterocycles. The normalized spacial score (nSPS) is 14.0. The lowest BCUT2D eigenvalue weighted by molar-refractivity contribution is -0.384. The Morgan fingerprint density at radius 3 is 2.46 bits per heavy atom. The highest BCUT2D eigenvalue weighted by atomic mass is 16.6. The largest absolute Gasteiger partial charge is 0.351 e. The fourth-order valence-electron chi connectivity index (χ4n) is 3.29. The van der Waals surface area contributed by atoms with Crippen LogP contribution in [0, 0.1) is 10.1 Å². The molecule has 1 aromatic carbocycles. The van der Waals surface area contributed by atoms with E-state index in [4.69, 9.17) is 0 Å². The number of aromatic nitrogens is 3. The first-order valence-electron chi connectivity index (χ1n) is 9.26. The Morgan fingerprint density at radius 2 is 1.79 bits per heavy atom. The second kappa shape index (κ2) is 7.99. The van der Waals surface area contributed by atoms with E-state index in [1.807, 2.05) is 24.3 Å². The summed E-state index contributed by atoms with van der Waals surface area (Å²) in [5.74, 6) is 1.16. The lowest BCUT2D eigenvalue weighted by Crippen LogP contribution is -2.17. The molecule has 8 nitrogen and oxygen atoms in total. The highest BCUT2D eigenvalue weighted by Crippen LogP contribution is 2.26. The molecule has 1 aliphatic rings. The average molecular weight is 376 g/mol. The predicted octanol–water partition coefficient (Wildman–Crippen LogP) is 4.54. The maximum Gasteiger partial charge on any atom is 0.269 e. The van der Waals surface area contributed by atoms with Crippen molar-refractivity contribution in [2.75, 3.05) is 10.6 Å². The Kier molecular flexibility index (Phi) is 5.09. The van der Waals surface area contributed by atoms with Gasteiger partial charge in [-0.05, 0) is 37.1 Å². The molecule has 1 saturated carbocycles. The first-order chi connectivity index (χ1) is 13.7. The highest BCUT2D eigenvalue weighted by Gasteiger charge is 2.17. The Balaban J connectivity index is 1.63. The summed E-state index contributed by atoms with van der Waals surface area (Å²) in [5.41, 5.74) is 2.22. The fourth-order valence-corrected chi connectivity index (χ4v) is 3.29. The summed E-state index contributed by atoms with van der Waals surface area (Å²) in [7, 11) is 0. The third-order valence-electron chi connectivity index (χ3n) is 4.69. The van der Waals surface area contributed by atoms with E-state index < -0.39 is 4.92 Å². The van der Waals surface area contributed by atoms with Crippen molar-refractivity contribution in [1.82, 2.24) is 15.0 Å². The molecule has 2 heterocycles. The quantitative estimate of drug-likeness (QED) is 0.480. The summed E-state index contributed by atoms with van der Waals surface area (Å²) in [4.78, 5) is 24.0. The maximum absolute atomic E-state index is 10.8. The lowest BCUT2D eigenvalue weighted by Gasteiger charge is -2.14. The van der Waals surface area contributed by atoms with Gasteiger partial charge < -0.3 is 10.6 Å². The molecule has 0 radical (unpaired) electrons. The summed E-state index contributed by atoms with van der Waals surface area (Å²) >= 11 is 0. The van der Waals surface area contributed by atoms with Crippen LogP contribution in [0.25, 0.3) is 11.4 Å². The van der Waals surface area contributed by atoms with Crippen molar-refractivity contribution in [2.24, 2.45) is 0 Å². The molecule has 28 heavy (non-hydrogen) atoms. The number of nitro groups is 1. The van der Waals surface area contributed by atoms with Crippen molar-refractivity contribution < 1.29 is 4.92 Å². The topological polar surface area (TPSA) is 106 Å². The molecular weight excluding hydrogens is 356 g/mol. The fraction of sp³-hybridized carbons (Fsp3) is 0.250. The number of pyridine rings is 1. The summed E-state index contributed by atoms with van der Waals surface area (Å²) in [5, 5.41) is 17.5. The van der Waals surface area contributed by atoms with Gasteiger partial charge in [-0.25, -0.2) is 4.98 Å². The number of hydrogen-bond acceptors (Lipinski definition) is 7. The van der Waals surface area contributed by atoms with Gasteiger partial charge in [0.15, 0.2) is 0 Å². The molecule has 0 atom stereocenters. The first kappa shape index (κ1) is 17.8. The molecule has 0 saturated heterocycles. The summed E-state index contributed by atoms with van der Waals surface area (Å²) < 4.78 is 0. The number of hydrogen-bond donors (Lipinski definition) is 2. The van der Waals surface area contributed by atoms with Crippen molar-refractivity contribution in [1.29, 1.82) is 0 Å². The Hall–Kier alpha value is -3.55. The van der Waals surface area contributed by atoms with Crippen LogP contribution >= 0.6 is 0 Å². The molecule has 142 valence electrons. The third kappa shape index (κ3) is 4.22. The van der Waals surface area contributed by atoms with Gasteiger partial charge in [-0.2, -0.15) is 4.98 Å². The molecule has 0 spiro atoms. The minimum absolute atomic E-state index is 0.0472. The number of nitrogens with one attached hydrogen (secondary N) is 2. The van der Waals surface area contributed by atoms with Crippen molar-refractivity contribution in [3.05, 3.63) is 64.8 Å². The number of rotatable bonds is 6. The number of nitro benzene ring substituents is 1. The van der Waals surface area contributed by atoms with Gasteiger partial charge >= 0.3 is 0 Å². The number of anilines is 3. The monoisotopic (exact) mass is 376 g/mol. The van der Waals surface area contributed by atoms with Crippen LogP contribution in [0.2, 0.25) is 0 Å². The van der Waals surface area contributed by atoms with Crippen LogP contribution < -0.4 is 10.6 Å². The van der Waals surface area contributed by atoms with Crippen LogP contribution in [0.1, 0.15) is 25.7 Å². The van der Waals surface area contributed by atoms with E-state index in [1.165, 1.54) is 25.0 Å². The number of nitrogens with zero attached hydrogens (tertiary/aromatic N) is 4. The minimum atomic E-state index is -0.419. The second-order valence-corrected chi connectivity index (χ2v) is 6.73. The van der Waals surface area contributed by atoms with Crippen LogP contribution in [0.5, 0.6) is 0 Å². The van der Waals surface area contributed by atoms with Crippen molar-refractivity contribution in [2.45, 2.75) is 31.7 Å². The van der Waals surface area contributed by atoms with Crippen LogP contribution in [0.3, 0.4) is 0 Å². The van der Waals surface area contributed by atoms with Gasteiger partial charge in [0.2, 0.25) is 5.95 Å². The smallest absolute Gasteiger partial charge is 0.269 e. The maximum atomic E-state index is 10.8. The minimum Gasteiger partial charge on any atom is -0.351 e. The zero-order chi connectivity index (χ0) is 19.3. The van der Waals surface area contributed by atoms with Gasteiger partial charge in [0.05, 0.1) is 16.3 Å². The van der Waals surface area contributed by atoms with Crippen LogP contribution in [0.15, 0.2) is 54.7 Å². The van der Waals surface area contributed by atoms with Gasteiger partial charge in [0, 0.05) is 36.1 Å². The van der Waals surface area contributed by atoms with Gasteiger partial charge in [0.25, 0.3) is 5.69 Å². The van der Waals surface area contributed by atoms with E-state index in [9.17, 15) is 10.1 Å². The Labute approximate surface area is 162 Å². The summed E-state index contributed by atoms with van der Waals surface area (Å²) in [6.45, 7) is 0. The van der Waals surface area contributed by atoms with Crippen LogP contribution in [0.4, 0.5) is 23.1 Å². The molecule has 1 aliphatic carbocycles. The number of benzene rings is 1. The highest BCUT2D eigenvalue weighted by molar-refractivity contribution is 5.65. The van der Waals surface area contributed by atoms with E-state index in [2.05, 4.69) is 25.6 Å². The number of non-ortho nitro benzene ring substituents is 1. The molecule has 1 fully saturated rings. The second-order valence-electron chi connectivity index (χ2n) is 6.73. The van der Waals surface area contributed by atoms with Crippen LogP contribution in [-0.2, 0) is 0 Å². The molecule has 0 aliphatic heterocycles. The molecular formula is C20H20N6O2. The summed E-state index contributed by atoms with van der Waals surface area (Å²) in [6, 6.07) is 14.1. The van der Waals surface area contributed by atoms with E-state index >= 15 is 0 Å². The van der Waals surface area contributed by atoms with E-state index in [-0.39, 0.29) is 5.69 Å². The predicted molar refractivity (Wildman–Crippen MR) is 108 cm³/mol. The molecule has 3 aromatic rings. The van der Waals surface area contributed by atoms with Gasteiger partial charge in [0.1, 0.15) is 5.82 Å². The van der Waals surface area contributed by atoms with E-state index in [0.29, 0.717) is 29.2 Å². The Morgan fingerprint density at radius 1 is 1.00 bits per heavy atom. The van der Waals surface area contributed by atoms with Crippen LogP contribution in [-0.4, -0.2) is 25.9 Å². The lowest BCUT2D eigenvalue weighted by atomic mass is 10.2. The molecule has 4 rings (SSSR count). The molecule has 0 amide bonds. The zero-order valence-electron chi connectivity index (χ0n) is 15.2. The SMILES string of the molecule is O=[N+]([O-])c1ccc(Nc2cc(-c3ccccn3)nc(NC3CCCC3)n2)cc1. The summed E-state index contributed by atoms with van der Waals surface area (Å²) in [6.07, 6.45) is 6.38. The Bertz CT molecular complexity index is 956. The van der Waals surface area contributed by atoms with Crippen molar-refractivity contribution in [3.63, 3.8) is 0 Å². The van der Waals surface area contributed by atoms with Gasteiger partial charge in [-0.3, -0.25) is 15.1 Å². The standard InChI is InChI=1S/C20H20N6O2/c27-26(28)16-10-8-15(9-11-16)22-19-13-18(17-7-3-4-12-21-17)24-20(25-19)23-14-5-1-2-6-14/h3-4,7-14H,1-2,5-6H2,(H2,22,23,24,25). The molecule has 0 unspecified atom stereocenters. The first-order valence-corrected chi connectivity index (χ1v) is 9.26. The van der Waals surface area contributed by atoms with Gasteiger partial charge in [-0.15, -0.1) is 0 Å². The van der Waals surface area contributed by atoms with Crippen molar-refractivity contribution in [3.8, 4) is 11.4 Å². The molecule has 2 N–H and O–H groups in total. The zero-order valence-corrected chi connectivity index (χ0v) is 15.2. The van der Waals surface area contributed by atoms with Crippen molar-refractivity contribution >= 4 is 23.1 Å².